The van der Waals surface area contributed by atoms with E-state index in [1.54, 1.807) is 13.0 Å². The Labute approximate surface area is 107 Å². The van der Waals surface area contributed by atoms with Crippen LogP contribution in [0, 0.1) is 17.8 Å². The molecule has 1 fully saturated rings. The summed E-state index contributed by atoms with van der Waals surface area (Å²) in [6.07, 6.45) is 4.00. The van der Waals surface area contributed by atoms with Crippen LogP contribution in [0.15, 0.2) is 12.2 Å². The Hall–Kier alpha value is -1.16. The minimum atomic E-state index is -1.17. The normalized spacial score (nSPS) is 39.8. The largest absolute Gasteiger partial charge is 0.428 e. The lowest BCUT2D eigenvalue weighted by Crippen LogP contribution is -2.52. The first-order valence-electron chi connectivity index (χ1n) is 6.55. The number of hydrogen-bond acceptors (Lipinski definition) is 4. The van der Waals surface area contributed by atoms with Gasteiger partial charge in [0, 0.05) is 5.92 Å². The number of carbonyl (C=O) groups excluding carboxylic acids is 2. The molecule has 0 aromatic heterocycles. The molecular weight excluding hydrogens is 232 g/mol. The van der Waals surface area contributed by atoms with Crippen LogP contribution in [0.3, 0.4) is 0 Å². The molecule has 0 aromatic carbocycles. The summed E-state index contributed by atoms with van der Waals surface area (Å²) >= 11 is 0. The van der Waals surface area contributed by atoms with E-state index in [1.807, 2.05) is 26.8 Å². The molecule has 0 amide bonds. The van der Waals surface area contributed by atoms with E-state index in [4.69, 9.17) is 9.47 Å². The molecule has 2 aliphatic heterocycles. The van der Waals surface area contributed by atoms with E-state index in [1.165, 1.54) is 0 Å². The van der Waals surface area contributed by atoms with Gasteiger partial charge in [-0.25, -0.2) is 0 Å². The molecule has 0 N–H and O–H groups in total. The number of ether oxygens (including phenoxy) is 2. The summed E-state index contributed by atoms with van der Waals surface area (Å²) in [6.45, 7) is 7.34. The topological polar surface area (TPSA) is 52.6 Å². The van der Waals surface area contributed by atoms with E-state index in [9.17, 15) is 9.59 Å². The summed E-state index contributed by atoms with van der Waals surface area (Å²) in [4.78, 5) is 24.0. The predicted molar refractivity (Wildman–Crippen MR) is 65.6 cm³/mol. The van der Waals surface area contributed by atoms with Gasteiger partial charge in [0.05, 0.1) is 17.9 Å². The zero-order valence-corrected chi connectivity index (χ0v) is 11.3. The van der Waals surface area contributed by atoms with Crippen LogP contribution in [0.1, 0.15) is 34.1 Å². The van der Waals surface area contributed by atoms with Crippen LogP contribution in [0.4, 0.5) is 0 Å². The van der Waals surface area contributed by atoms with Crippen LogP contribution in [0.5, 0.6) is 0 Å². The lowest BCUT2D eigenvalue weighted by Gasteiger charge is -2.40. The van der Waals surface area contributed by atoms with Crippen molar-refractivity contribution in [2.75, 3.05) is 0 Å². The van der Waals surface area contributed by atoms with Crippen LogP contribution in [-0.2, 0) is 19.1 Å². The summed E-state index contributed by atoms with van der Waals surface area (Å²) < 4.78 is 11.3. The number of fused-ring (bicyclic) bond motifs is 2. The fourth-order valence-corrected chi connectivity index (χ4v) is 2.36. The minimum Gasteiger partial charge on any atom is -0.428 e. The highest BCUT2D eigenvalue weighted by molar-refractivity contribution is 5.87. The third-order valence-corrected chi connectivity index (χ3v) is 4.09. The third kappa shape index (κ3) is 1.88. The van der Waals surface area contributed by atoms with Crippen LogP contribution in [0.2, 0.25) is 0 Å². The standard InChI is InChI=1S/C14H20O4/c1-5-8(2)13(16)18-14-7-6-11(17-14)9(3)12(15)10(14)4/h6-11H,5H2,1-4H3/t8-,9+,10+,11+,14-/m0/s1. The van der Waals surface area contributed by atoms with Gasteiger partial charge in [0.1, 0.15) is 5.78 Å². The number of carbonyl (C=O) groups is 2. The second-order valence-electron chi connectivity index (χ2n) is 5.31. The predicted octanol–water partition coefficient (Wildman–Crippen LogP) is 2.08. The Balaban J connectivity index is 2.19. The van der Waals surface area contributed by atoms with Gasteiger partial charge in [-0.3, -0.25) is 9.59 Å². The quantitative estimate of drug-likeness (QED) is 0.570. The SMILES string of the molecule is CC[C@H](C)C(=O)O[C@]12C=C[C@@H](O1)[C@@H](C)C(=O)[C@H]2C. The molecule has 4 nitrogen and oxygen atoms in total. The van der Waals surface area contributed by atoms with Gasteiger partial charge in [0.15, 0.2) is 0 Å². The molecule has 0 spiro atoms. The summed E-state index contributed by atoms with van der Waals surface area (Å²) in [6, 6.07) is 0. The van der Waals surface area contributed by atoms with Crippen molar-refractivity contribution < 1.29 is 19.1 Å². The second-order valence-corrected chi connectivity index (χ2v) is 5.31. The highest BCUT2D eigenvalue weighted by Gasteiger charge is 2.55. The maximum absolute atomic E-state index is 12.1. The van der Waals surface area contributed by atoms with Crippen molar-refractivity contribution >= 4 is 11.8 Å². The van der Waals surface area contributed by atoms with E-state index < -0.39 is 11.7 Å². The zero-order chi connectivity index (χ0) is 13.5. The molecule has 18 heavy (non-hydrogen) atoms. The van der Waals surface area contributed by atoms with E-state index in [0.29, 0.717) is 6.42 Å². The monoisotopic (exact) mass is 252 g/mol. The highest BCUT2D eigenvalue weighted by Crippen LogP contribution is 2.42. The molecule has 2 aliphatic rings. The van der Waals surface area contributed by atoms with E-state index in [0.717, 1.165) is 0 Å². The van der Waals surface area contributed by atoms with Crippen LogP contribution in [0.25, 0.3) is 0 Å². The van der Waals surface area contributed by atoms with Crippen LogP contribution < -0.4 is 0 Å². The molecule has 4 heteroatoms. The zero-order valence-electron chi connectivity index (χ0n) is 11.3. The van der Waals surface area contributed by atoms with Crippen molar-refractivity contribution in [3.05, 3.63) is 12.2 Å². The first-order valence-corrected chi connectivity index (χ1v) is 6.55. The molecule has 2 rings (SSSR count). The van der Waals surface area contributed by atoms with Gasteiger partial charge < -0.3 is 9.47 Å². The Kier molecular flexibility index (Phi) is 3.32. The molecule has 100 valence electrons. The van der Waals surface area contributed by atoms with Crippen molar-refractivity contribution in [2.24, 2.45) is 17.8 Å². The Bertz CT molecular complexity index is 401. The fraction of sp³-hybridized carbons (Fsp3) is 0.714. The third-order valence-electron chi connectivity index (χ3n) is 4.09. The van der Waals surface area contributed by atoms with Crippen molar-refractivity contribution in [2.45, 2.75) is 46.0 Å². The van der Waals surface area contributed by atoms with Crippen LogP contribution in [-0.4, -0.2) is 23.6 Å². The fourth-order valence-electron chi connectivity index (χ4n) is 2.36. The Morgan fingerprint density at radius 1 is 1.56 bits per heavy atom. The molecule has 0 aromatic rings. The van der Waals surface area contributed by atoms with E-state index in [-0.39, 0.29) is 29.7 Å². The molecule has 0 unspecified atom stereocenters. The lowest BCUT2D eigenvalue weighted by molar-refractivity contribution is -0.248. The van der Waals surface area contributed by atoms with Gasteiger partial charge >= 0.3 is 5.97 Å². The lowest BCUT2D eigenvalue weighted by atomic mass is 9.86. The van der Waals surface area contributed by atoms with Gasteiger partial charge in [-0.2, -0.15) is 0 Å². The Morgan fingerprint density at radius 3 is 2.83 bits per heavy atom. The number of ketones is 1. The highest BCUT2D eigenvalue weighted by atomic mass is 16.7. The van der Waals surface area contributed by atoms with Crippen molar-refractivity contribution in [1.29, 1.82) is 0 Å². The molecular formula is C14H20O4. The van der Waals surface area contributed by atoms with Gasteiger partial charge in [-0.15, -0.1) is 0 Å². The molecule has 0 aliphatic carbocycles. The molecule has 1 saturated heterocycles. The van der Waals surface area contributed by atoms with Crippen molar-refractivity contribution in [3.8, 4) is 0 Å². The first-order chi connectivity index (χ1) is 8.41. The summed E-state index contributed by atoms with van der Waals surface area (Å²) in [5.41, 5.74) is 0. The van der Waals surface area contributed by atoms with Crippen LogP contribution >= 0.6 is 0 Å². The molecule has 0 saturated carbocycles. The molecule has 2 bridgehead atoms. The first kappa shape index (κ1) is 13.3. The van der Waals surface area contributed by atoms with Gasteiger partial charge in [0.25, 0.3) is 0 Å². The number of Topliss-reactive ketones (excluding diaryl/α,β-unsaturated/α-hetero) is 1. The molecule has 2 heterocycles. The molecule has 0 radical (unpaired) electrons. The maximum Gasteiger partial charge on any atom is 0.311 e. The second kappa shape index (κ2) is 4.50. The van der Waals surface area contributed by atoms with Crippen molar-refractivity contribution in [1.82, 2.24) is 0 Å². The van der Waals surface area contributed by atoms with Gasteiger partial charge in [-0.05, 0) is 19.4 Å². The number of rotatable bonds is 3. The van der Waals surface area contributed by atoms with E-state index >= 15 is 0 Å². The minimum absolute atomic E-state index is 0.0909. The summed E-state index contributed by atoms with van der Waals surface area (Å²) in [7, 11) is 0. The average molecular weight is 252 g/mol. The van der Waals surface area contributed by atoms with Crippen molar-refractivity contribution in [3.63, 3.8) is 0 Å². The number of esters is 1. The van der Waals surface area contributed by atoms with Gasteiger partial charge in [-0.1, -0.05) is 26.8 Å². The smallest absolute Gasteiger partial charge is 0.311 e. The van der Waals surface area contributed by atoms with E-state index in [2.05, 4.69) is 0 Å². The van der Waals surface area contributed by atoms with Gasteiger partial charge in [0.2, 0.25) is 5.79 Å². The molecule has 5 atom stereocenters. The average Bonchev–Trinajstić information content (AvgIpc) is 2.76. The maximum atomic E-state index is 12.1. The number of hydrogen-bond donors (Lipinski definition) is 0. The Morgan fingerprint density at radius 2 is 2.22 bits per heavy atom. The summed E-state index contributed by atoms with van der Waals surface area (Å²) in [5, 5.41) is 0. The summed E-state index contributed by atoms with van der Waals surface area (Å²) in [5.74, 6) is -2.19.